The van der Waals surface area contributed by atoms with Crippen molar-refractivity contribution in [3.05, 3.63) is 89.4 Å². The number of hydrogen-bond donors (Lipinski definition) is 1. The van der Waals surface area contributed by atoms with Gasteiger partial charge in [0.15, 0.2) is 5.78 Å². The van der Waals surface area contributed by atoms with Crippen molar-refractivity contribution in [1.29, 1.82) is 0 Å². The van der Waals surface area contributed by atoms with Gasteiger partial charge >= 0.3 is 0 Å². The summed E-state index contributed by atoms with van der Waals surface area (Å²) in [7, 11) is 1.59. The van der Waals surface area contributed by atoms with Crippen LogP contribution in [-0.2, 0) is 7.05 Å². The summed E-state index contributed by atoms with van der Waals surface area (Å²) in [5.41, 5.74) is 3.29. The third-order valence-corrected chi connectivity index (χ3v) is 4.61. The van der Waals surface area contributed by atoms with Gasteiger partial charge in [-0.1, -0.05) is 24.3 Å². The molecule has 4 aromatic rings. The molecule has 0 aliphatic carbocycles. The molecule has 0 fully saturated rings. The molecule has 3 heterocycles. The first kappa shape index (κ1) is 19.1. The molecule has 0 bridgehead atoms. The smallest absolute Gasteiger partial charge is 0.255 e. The fraction of sp³-hybridized carbons (Fsp3) is 0.0909. The van der Waals surface area contributed by atoms with Gasteiger partial charge in [0.2, 0.25) is 5.95 Å². The van der Waals surface area contributed by atoms with Crippen LogP contribution in [0.4, 0.5) is 5.95 Å². The number of hydrogen-bond acceptors (Lipinski definition) is 7. The molecule has 4 rings (SSSR count). The van der Waals surface area contributed by atoms with Gasteiger partial charge in [-0.15, -0.1) is 0 Å². The number of anilines is 1. The SMILES string of the molecule is Cn1c(NCC(=O)c2ccc(-c3ccncc3)cc2)nc(-c2ccncn2)cc1=O. The first-order chi connectivity index (χ1) is 14.6. The second kappa shape index (κ2) is 8.44. The zero-order valence-corrected chi connectivity index (χ0v) is 16.2. The number of Topliss-reactive ketones (excluding diaryl/α,β-unsaturated/α-hetero) is 1. The van der Waals surface area contributed by atoms with E-state index in [0.717, 1.165) is 11.1 Å². The van der Waals surface area contributed by atoms with Crippen LogP contribution in [0.2, 0.25) is 0 Å². The predicted octanol–water partition coefficient (Wildman–Crippen LogP) is 2.59. The van der Waals surface area contributed by atoms with Crippen LogP contribution in [0.15, 0.2) is 78.2 Å². The maximum absolute atomic E-state index is 12.6. The molecule has 0 amide bonds. The minimum atomic E-state index is -0.254. The summed E-state index contributed by atoms with van der Waals surface area (Å²) in [5, 5.41) is 2.96. The van der Waals surface area contributed by atoms with Crippen molar-refractivity contribution in [3.8, 4) is 22.5 Å². The van der Waals surface area contributed by atoms with E-state index in [4.69, 9.17) is 0 Å². The molecular formula is C22H18N6O2. The van der Waals surface area contributed by atoms with E-state index in [9.17, 15) is 9.59 Å². The zero-order valence-electron chi connectivity index (χ0n) is 16.2. The van der Waals surface area contributed by atoms with E-state index in [1.807, 2.05) is 24.3 Å². The van der Waals surface area contributed by atoms with E-state index in [0.29, 0.717) is 17.0 Å². The lowest BCUT2D eigenvalue weighted by molar-refractivity contribution is 0.101. The highest BCUT2D eigenvalue weighted by atomic mass is 16.1. The molecule has 0 atom stereocenters. The monoisotopic (exact) mass is 398 g/mol. The Morgan fingerprint density at radius 1 is 0.933 bits per heavy atom. The minimum absolute atomic E-state index is 0.00209. The van der Waals surface area contributed by atoms with Gasteiger partial charge in [0, 0.05) is 37.3 Å². The fourth-order valence-corrected chi connectivity index (χ4v) is 2.93. The number of carbonyl (C=O) groups excluding carboxylic acids is 1. The maximum atomic E-state index is 12.6. The summed E-state index contributed by atoms with van der Waals surface area (Å²) in [5.74, 6) is 0.177. The number of nitrogens with one attached hydrogen (secondary N) is 1. The number of pyridine rings is 1. The fourth-order valence-electron chi connectivity index (χ4n) is 2.93. The Morgan fingerprint density at radius 2 is 1.63 bits per heavy atom. The van der Waals surface area contributed by atoms with Gasteiger partial charge in [0.1, 0.15) is 6.33 Å². The third-order valence-electron chi connectivity index (χ3n) is 4.61. The molecule has 3 aromatic heterocycles. The van der Waals surface area contributed by atoms with Gasteiger partial charge in [-0.3, -0.25) is 19.1 Å². The quantitative estimate of drug-likeness (QED) is 0.498. The number of nitrogens with zero attached hydrogens (tertiary/aromatic N) is 5. The van der Waals surface area contributed by atoms with Crippen molar-refractivity contribution >= 4 is 11.7 Å². The van der Waals surface area contributed by atoms with E-state index in [1.54, 1.807) is 43.8 Å². The van der Waals surface area contributed by atoms with Gasteiger partial charge in [-0.05, 0) is 29.3 Å². The molecule has 148 valence electrons. The molecule has 0 radical (unpaired) electrons. The van der Waals surface area contributed by atoms with E-state index >= 15 is 0 Å². The van der Waals surface area contributed by atoms with Crippen molar-refractivity contribution in [2.45, 2.75) is 0 Å². The van der Waals surface area contributed by atoms with Crippen LogP contribution in [0.25, 0.3) is 22.5 Å². The first-order valence-corrected chi connectivity index (χ1v) is 9.24. The van der Waals surface area contributed by atoms with Gasteiger partial charge in [-0.25, -0.2) is 15.0 Å². The molecule has 8 heteroatoms. The average molecular weight is 398 g/mol. The lowest BCUT2D eigenvalue weighted by Crippen LogP contribution is -2.24. The van der Waals surface area contributed by atoms with E-state index in [-0.39, 0.29) is 23.8 Å². The molecule has 1 aromatic carbocycles. The van der Waals surface area contributed by atoms with Crippen molar-refractivity contribution in [2.75, 3.05) is 11.9 Å². The highest BCUT2D eigenvalue weighted by molar-refractivity contribution is 5.99. The third kappa shape index (κ3) is 4.12. The Bertz CT molecular complexity index is 1220. The zero-order chi connectivity index (χ0) is 20.9. The average Bonchev–Trinajstić information content (AvgIpc) is 2.81. The Hall–Kier alpha value is -4.20. The Kier molecular flexibility index (Phi) is 5.38. The van der Waals surface area contributed by atoms with Crippen molar-refractivity contribution in [3.63, 3.8) is 0 Å². The molecule has 0 aliphatic heterocycles. The van der Waals surface area contributed by atoms with Crippen LogP contribution in [0, 0.1) is 0 Å². The molecule has 0 saturated carbocycles. The maximum Gasteiger partial charge on any atom is 0.255 e. The lowest BCUT2D eigenvalue weighted by atomic mass is 10.0. The molecule has 8 nitrogen and oxygen atoms in total. The molecule has 1 N–H and O–H groups in total. The molecule has 0 spiro atoms. The topological polar surface area (TPSA) is 103 Å². The van der Waals surface area contributed by atoms with E-state index < -0.39 is 0 Å². The summed E-state index contributed by atoms with van der Waals surface area (Å²) in [6, 6.07) is 14.2. The van der Waals surface area contributed by atoms with Crippen LogP contribution >= 0.6 is 0 Å². The highest BCUT2D eigenvalue weighted by Gasteiger charge is 2.11. The van der Waals surface area contributed by atoms with Crippen LogP contribution in [0.1, 0.15) is 10.4 Å². The predicted molar refractivity (Wildman–Crippen MR) is 113 cm³/mol. The number of ketones is 1. The standard InChI is InChI=1S/C22H18N6O2/c1-28-21(30)12-19(18-8-11-24-14-26-18)27-22(28)25-13-20(29)17-4-2-15(3-5-17)16-6-9-23-10-7-16/h2-12,14H,13H2,1H3,(H,25,27). The Labute approximate surface area is 172 Å². The Balaban J connectivity index is 1.50. The van der Waals surface area contributed by atoms with Gasteiger partial charge in [-0.2, -0.15) is 0 Å². The molecule has 0 unspecified atom stereocenters. The summed E-state index contributed by atoms with van der Waals surface area (Å²) < 4.78 is 1.35. The van der Waals surface area contributed by atoms with Crippen LogP contribution in [0.3, 0.4) is 0 Å². The highest BCUT2D eigenvalue weighted by Crippen LogP contribution is 2.19. The number of benzene rings is 1. The van der Waals surface area contributed by atoms with Gasteiger partial charge < -0.3 is 5.32 Å². The van der Waals surface area contributed by atoms with E-state index in [1.165, 1.54) is 17.0 Å². The minimum Gasteiger partial charge on any atom is -0.348 e. The van der Waals surface area contributed by atoms with Crippen molar-refractivity contribution in [2.24, 2.45) is 7.05 Å². The Morgan fingerprint density at radius 3 is 2.33 bits per heavy atom. The molecule has 0 aliphatic rings. The van der Waals surface area contributed by atoms with Crippen LogP contribution < -0.4 is 10.9 Å². The summed E-state index contributed by atoms with van der Waals surface area (Å²) >= 11 is 0. The normalized spacial score (nSPS) is 10.6. The van der Waals surface area contributed by atoms with Crippen molar-refractivity contribution in [1.82, 2.24) is 24.5 Å². The second-order valence-corrected chi connectivity index (χ2v) is 6.55. The second-order valence-electron chi connectivity index (χ2n) is 6.55. The molecule has 30 heavy (non-hydrogen) atoms. The summed E-state index contributed by atoms with van der Waals surface area (Å²) in [6.45, 7) is 0.00209. The summed E-state index contributed by atoms with van der Waals surface area (Å²) in [6.07, 6.45) is 6.42. The summed E-state index contributed by atoms with van der Waals surface area (Å²) in [4.78, 5) is 41.3. The van der Waals surface area contributed by atoms with E-state index in [2.05, 4.69) is 25.3 Å². The largest absolute Gasteiger partial charge is 0.348 e. The first-order valence-electron chi connectivity index (χ1n) is 9.24. The number of carbonyl (C=O) groups is 1. The number of rotatable bonds is 6. The van der Waals surface area contributed by atoms with Crippen LogP contribution in [-0.4, -0.2) is 36.8 Å². The van der Waals surface area contributed by atoms with Crippen molar-refractivity contribution < 1.29 is 4.79 Å². The van der Waals surface area contributed by atoms with Gasteiger partial charge in [0.25, 0.3) is 5.56 Å². The lowest BCUT2D eigenvalue weighted by Gasteiger charge is -2.11. The number of aromatic nitrogens is 5. The van der Waals surface area contributed by atoms with Gasteiger partial charge in [0.05, 0.1) is 17.9 Å². The molecular weight excluding hydrogens is 380 g/mol. The molecule has 0 saturated heterocycles. The van der Waals surface area contributed by atoms with Crippen LogP contribution in [0.5, 0.6) is 0 Å².